The summed E-state index contributed by atoms with van der Waals surface area (Å²) in [6.07, 6.45) is 19.5. The van der Waals surface area contributed by atoms with Crippen molar-refractivity contribution in [1.29, 1.82) is 0 Å². The fraction of sp³-hybridized carbons (Fsp3) is 1.00. The maximum absolute atomic E-state index is 10.8. The third kappa shape index (κ3) is 17.7. The molecule has 0 aromatic heterocycles. The van der Waals surface area contributed by atoms with Crippen LogP contribution in [0.4, 0.5) is 0 Å². The molecule has 0 aromatic rings. The van der Waals surface area contributed by atoms with E-state index in [-0.39, 0.29) is 11.8 Å². The van der Waals surface area contributed by atoms with Crippen LogP contribution in [0.5, 0.6) is 0 Å². The fourth-order valence-corrected chi connectivity index (χ4v) is 4.23. The Kier molecular flexibility index (Phi) is 15.7. The van der Waals surface area contributed by atoms with Crippen LogP contribution in [0, 0.1) is 0 Å². The Bertz CT molecular complexity index is 435. The Morgan fingerprint density at radius 2 is 1.11 bits per heavy atom. The van der Waals surface area contributed by atoms with Crippen LogP contribution in [0.1, 0.15) is 110 Å². The zero-order valence-corrected chi connectivity index (χ0v) is 19.5. The van der Waals surface area contributed by atoms with Crippen LogP contribution in [0.3, 0.4) is 0 Å². The molecule has 0 saturated heterocycles. The first-order valence-electron chi connectivity index (χ1n) is 11.5. The molecule has 0 amide bonds. The average molecular weight is 406 g/mol. The summed E-state index contributed by atoms with van der Waals surface area (Å²) in [5, 5.41) is 0. The van der Waals surface area contributed by atoms with Gasteiger partial charge < -0.3 is 9.04 Å². The minimum Gasteiger partial charge on any atom is -0.748 e. The van der Waals surface area contributed by atoms with Crippen LogP contribution >= 0.6 is 0 Å². The lowest BCUT2D eigenvalue weighted by atomic mass is 10.0. The van der Waals surface area contributed by atoms with Crippen LogP contribution in [0.15, 0.2) is 0 Å². The molecule has 1 atom stereocenters. The Morgan fingerprint density at radius 1 is 0.741 bits per heavy atom. The largest absolute Gasteiger partial charge is 0.748 e. The average Bonchev–Trinajstić information content (AvgIpc) is 2.59. The lowest BCUT2D eigenvalue weighted by Gasteiger charge is -2.36. The Balaban J connectivity index is 3.49. The quantitative estimate of drug-likeness (QED) is 0.153. The molecule has 0 aliphatic rings. The molecule has 0 aliphatic carbocycles. The van der Waals surface area contributed by atoms with E-state index >= 15 is 0 Å². The topological polar surface area (TPSA) is 57.2 Å². The zero-order chi connectivity index (χ0) is 20.6. The third-order valence-corrected chi connectivity index (χ3v) is 6.80. The number of hydrogen-bond donors (Lipinski definition) is 0. The fourth-order valence-electron chi connectivity index (χ4n) is 3.60. The van der Waals surface area contributed by atoms with Gasteiger partial charge in [0.05, 0.1) is 36.8 Å². The molecule has 0 saturated carbocycles. The van der Waals surface area contributed by atoms with E-state index in [2.05, 4.69) is 27.9 Å². The van der Waals surface area contributed by atoms with Gasteiger partial charge in [-0.3, -0.25) is 0 Å². The predicted octanol–water partition coefficient (Wildman–Crippen LogP) is 5.87. The van der Waals surface area contributed by atoms with E-state index in [1.54, 1.807) is 0 Å². The van der Waals surface area contributed by atoms with Crippen LogP contribution in [0.2, 0.25) is 0 Å². The summed E-state index contributed by atoms with van der Waals surface area (Å²) in [7, 11) is 0.197. The van der Waals surface area contributed by atoms with E-state index in [1.807, 2.05) is 0 Å². The van der Waals surface area contributed by atoms with E-state index in [0.717, 1.165) is 11.0 Å². The van der Waals surface area contributed by atoms with Crippen LogP contribution < -0.4 is 0 Å². The number of nitrogens with zero attached hydrogens (tertiary/aromatic N) is 1. The standard InChI is InChI=1S/C22H47NO3S/c1-5-6-7-8-9-10-11-12-13-14-15-16-17-18-20-23(3,4)22(2)19-21-27(24,25)26/h22H,5-21H2,1-4H3. The van der Waals surface area contributed by atoms with E-state index in [4.69, 9.17) is 0 Å². The van der Waals surface area contributed by atoms with Gasteiger partial charge in [-0.15, -0.1) is 0 Å². The summed E-state index contributed by atoms with van der Waals surface area (Å²) in [5.41, 5.74) is 0. The van der Waals surface area contributed by atoms with Gasteiger partial charge in [-0.2, -0.15) is 0 Å². The summed E-state index contributed by atoms with van der Waals surface area (Å²) < 4.78 is 33.2. The molecule has 0 bridgehead atoms. The number of rotatable bonds is 19. The summed E-state index contributed by atoms with van der Waals surface area (Å²) in [6, 6.07) is 0.204. The SMILES string of the molecule is CCCCCCCCCCCCCCCC[N+](C)(C)C(C)CCS(=O)(=O)[O-]. The molecule has 4 nitrogen and oxygen atoms in total. The maximum atomic E-state index is 10.8. The molecule has 0 aliphatic heterocycles. The van der Waals surface area contributed by atoms with Crippen molar-refractivity contribution in [3.63, 3.8) is 0 Å². The number of quaternary nitrogens is 1. The van der Waals surface area contributed by atoms with Gasteiger partial charge in [0.15, 0.2) is 0 Å². The summed E-state index contributed by atoms with van der Waals surface area (Å²) in [4.78, 5) is 0. The van der Waals surface area contributed by atoms with Gasteiger partial charge in [0.1, 0.15) is 0 Å². The highest BCUT2D eigenvalue weighted by molar-refractivity contribution is 7.85. The van der Waals surface area contributed by atoms with Gasteiger partial charge in [0.25, 0.3) is 0 Å². The summed E-state index contributed by atoms with van der Waals surface area (Å²) in [5.74, 6) is -0.241. The molecule has 27 heavy (non-hydrogen) atoms. The molecule has 0 N–H and O–H groups in total. The summed E-state index contributed by atoms with van der Waals surface area (Å²) >= 11 is 0. The Morgan fingerprint density at radius 3 is 1.48 bits per heavy atom. The molecule has 0 fully saturated rings. The van der Waals surface area contributed by atoms with Crippen molar-refractivity contribution in [1.82, 2.24) is 0 Å². The van der Waals surface area contributed by atoms with Crippen LogP contribution in [0.25, 0.3) is 0 Å². The van der Waals surface area contributed by atoms with Crippen molar-refractivity contribution >= 4 is 10.1 Å². The first kappa shape index (κ1) is 26.9. The Labute approximate surface area is 170 Å². The lowest BCUT2D eigenvalue weighted by Crippen LogP contribution is -2.48. The van der Waals surface area contributed by atoms with Crippen molar-refractivity contribution in [3.05, 3.63) is 0 Å². The van der Waals surface area contributed by atoms with Gasteiger partial charge in [-0.1, -0.05) is 84.0 Å². The normalized spacial score (nSPS) is 13.8. The van der Waals surface area contributed by atoms with E-state index in [1.165, 1.54) is 89.9 Å². The minimum atomic E-state index is -4.09. The third-order valence-electron chi connectivity index (χ3n) is 6.07. The second-order valence-corrected chi connectivity index (χ2v) is 10.5. The van der Waals surface area contributed by atoms with Crippen molar-refractivity contribution in [2.24, 2.45) is 0 Å². The van der Waals surface area contributed by atoms with Gasteiger partial charge >= 0.3 is 0 Å². The molecule has 164 valence electrons. The minimum absolute atomic E-state index is 0.204. The first-order valence-corrected chi connectivity index (χ1v) is 13.0. The van der Waals surface area contributed by atoms with Crippen LogP contribution in [-0.4, -0.2) is 49.9 Å². The van der Waals surface area contributed by atoms with Crippen molar-refractivity contribution in [2.45, 2.75) is 116 Å². The van der Waals surface area contributed by atoms with Crippen LogP contribution in [-0.2, 0) is 10.1 Å². The molecule has 0 radical (unpaired) electrons. The van der Waals surface area contributed by atoms with Gasteiger partial charge in [-0.05, 0) is 19.8 Å². The zero-order valence-electron chi connectivity index (χ0n) is 18.7. The highest BCUT2D eigenvalue weighted by Gasteiger charge is 2.23. The first-order chi connectivity index (χ1) is 12.7. The highest BCUT2D eigenvalue weighted by atomic mass is 32.2. The van der Waals surface area contributed by atoms with E-state index in [9.17, 15) is 13.0 Å². The second-order valence-electron chi connectivity index (χ2n) is 9.00. The molecular formula is C22H47NO3S. The number of hydrogen-bond acceptors (Lipinski definition) is 3. The van der Waals surface area contributed by atoms with Gasteiger partial charge in [0, 0.05) is 12.2 Å². The maximum Gasteiger partial charge on any atom is 0.0948 e. The van der Waals surface area contributed by atoms with E-state index in [0.29, 0.717) is 6.42 Å². The van der Waals surface area contributed by atoms with Crippen molar-refractivity contribution in [3.8, 4) is 0 Å². The van der Waals surface area contributed by atoms with E-state index < -0.39 is 10.1 Å². The van der Waals surface area contributed by atoms with Gasteiger partial charge in [-0.25, -0.2) is 8.42 Å². The van der Waals surface area contributed by atoms with Gasteiger partial charge in [0.2, 0.25) is 0 Å². The molecule has 0 rings (SSSR count). The molecule has 5 heteroatoms. The number of unbranched alkanes of at least 4 members (excludes halogenated alkanes) is 13. The molecule has 1 unspecified atom stereocenters. The molecule has 0 spiro atoms. The second kappa shape index (κ2) is 15.8. The molecular weight excluding hydrogens is 358 g/mol. The highest BCUT2D eigenvalue weighted by Crippen LogP contribution is 2.16. The van der Waals surface area contributed by atoms with Crippen molar-refractivity contribution in [2.75, 3.05) is 26.4 Å². The Hall–Kier alpha value is -0.130. The smallest absolute Gasteiger partial charge is 0.0948 e. The van der Waals surface area contributed by atoms with Crippen molar-refractivity contribution < 1.29 is 17.5 Å². The predicted molar refractivity (Wildman–Crippen MR) is 116 cm³/mol. The monoisotopic (exact) mass is 405 g/mol. The summed E-state index contributed by atoms with van der Waals surface area (Å²) in [6.45, 7) is 5.37. The molecule has 0 heterocycles. The molecule has 0 aromatic carbocycles. The lowest BCUT2D eigenvalue weighted by molar-refractivity contribution is -0.913.